The quantitative estimate of drug-likeness (QED) is 0.321. The molecule has 0 aliphatic rings. The van der Waals surface area contributed by atoms with E-state index in [0.29, 0.717) is 19.4 Å². The summed E-state index contributed by atoms with van der Waals surface area (Å²) >= 11 is 0. The summed E-state index contributed by atoms with van der Waals surface area (Å²) in [6.07, 6.45) is 1.59. The van der Waals surface area contributed by atoms with Gasteiger partial charge >= 0.3 is 0 Å². The van der Waals surface area contributed by atoms with E-state index in [1.807, 2.05) is 65.6 Å². The van der Waals surface area contributed by atoms with Crippen molar-refractivity contribution in [2.24, 2.45) is 5.73 Å². The molecule has 4 heteroatoms. The van der Waals surface area contributed by atoms with Gasteiger partial charge < -0.3 is 10.6 Å². The fourth-order valence-corrected chi connectivity index (χ4v) is 3.95. The summed E-state index contributed by atoms with van der Waals surface area (Å²) in [5, 5.41) is 0. The van der Waals surface area contributed by atoms with E-state index in [0.717, 1.165) is 23.2 Å². The van der Waals surface area contributed by atoms with E-state index in [1.54, 1.807) is 0 Å². The van der Waals surface area contributed by atoms with E-state index in [-0.39, 0.29) is 11.8 Å². The average molecular weight is 493 g/mol. The first-order chi connectivity index (χ1) is 17.8. The second-order valence-corrected chi connectivity index (χ2v) is 9.34. The van der Waals surface area contributed by atoms with Gasteiger partial charge in [-0.3, -0.25) is 9.59 Å². The number of nitrogens with zero attached hydrogens (tertiary/aromatic N) is 1. The summed E-state index contributed by atoms with van der Waals surface area (Å²) in [6, 6.07) is 34.2. The van der Waals surface area contributed by atoms with Gasteiger partial charge in [-0.15, -0.1) is 0 Å². The lowest BCUT2D eigenvalue weighted by molar-refractivity contribution is -0.118. The highest BCUT2D eigenvalue weighted by molar-refractivity contribution is 5.95. The molecule has 0 radical (unpaired) electrons. The Morgan fingerprint density at radius 1 is 0.649 bits per heavy atom. The molecule has 4 nitrogen and oxygen atoms in total. The summed E-state index contributed by atoms with van der Waals surface area (Å²) < 4.78 is 0. The van der Waals surface area contributed by atoms with Crippen LogP contribution < -0.4 is 10.6 Å². The Hall–Kier alpha value is -4.18. The van der Waals surface area contributed by atoms with E-state index in [4.69, 9.17) is 5.73 Å². The Balaban J connectivity index is 0.000000319. The number of anilines is 1. The van der Waals surface area contributed by atoms with Gasteiger partial charge in [-0.05, 0) is 67.1 Å². The molecule has 0 aromatic heterocycles. The molecule has 4 aromatic carbocycles. The molecule has 190 valence electrons. The van der Waals surface area contributed by atoms with E-state index in [2.05, 4.69) is 63.2 Å². The Kier molecular flexibility index (Phi) is 10.2. The number of primary amides is 1. The topological polar surface area (TPSA) is 63.4 Å². The van der Waals surface area contributed by atoms with Crippen molar-refractivity contribution in [1.82, 2.24) is 0 Å². The first-order valence-electron chi connectivity index (χ1n) is 12.6. The summed E-state index contributed by atoms with van der Waals surface area (Å²) in [5.41, 5.74) is 12.9. The molecule has 4 rings (SSSR count). The molecule has 0 bridgehead atoms. The van der Waals surface area contributed by atoms with Gasteiger partial charge in [0.25, 0.3) is 0 Å². The molecule has 2 N–H and O–H groups in total. The third-order valence-electron chi connectivity index (χ3n) is 6.27. The van der Waals surface area contributed by atoms with Gasteiger partial charge in [0.2, 0.25) is 11.8 Å². The van der Waals surface area contributed by atoms with Gasteiger partial charge in [0.15, 0.2) is 0 Å². The highest BCUT2D eigenvalue weighted by Gasteiger charge is 2.17. The van der Waals surface area contributed by atoms with E-state index in [1.165, 1.54) is 22.3 Å². The minimum atomic E-state index is -0.286. The van der Waals surface area contributed by atoms with Gasteiger partial charge in [-0.1, -0.05) is 96.6 Å². The molecule has 0 unspecified atom stereocenters. The Labute approximate surface area is 220 Å². The number of hydrogen-bond acceptors (Lipinski definition) is 2. The zero-order valence-electron chi connectivity index (χ0n) is 22.0. The predicted octanol–water partition coefficient (Wildman–Crippen LogP) is 6.14. The molecule has 0 fully saturated rings. The normalized spacial score (nSPS) is 10.2. The summed E-state index contributed by atoms with van der Waals surface area (Å²) in [6.45, 7) is 6.96. The van der Waals surface area contributed by atoms with Crippen molar-refractivity contribution in [2.45, 2.75) is 40.0 Å². The maximum Gasteiger partial charge on any atom is 0.231 e. The van der Waals surface area contributed by atoms with Gasteiger partial charge in [0, 0.05) is 12.2 Å². The zero-order valence-corrected chi connectivity index (χ0v) is 22.0. The van der Waals surface area contributed by atoms with Crippen LogP contribution in [-0.2, 0) is 28.9 Å². The van der Waals surface area contributed by atoms with Crippen molar-refractivity contribution in [1.29, 1.82) is 0 Å². The second-order valence-electron chi connectivity index (χ2n) is 9.34. The third-order valence-corrected chi connectivity index (χ3v) is 6.27. The lowest BCUT2D eigenvalue weighted by Crippen LogP contribution is -2.34. The molecule has 0 saturated heterocycles. The number of amides is 2. The average Bonchev–Trinajstić information content (AvgIpc) is 2.88. The molecule has 4 aromatic rings. The van der Waals surface area contributed by atoms with Crippen LogP contribution in [0.5, 0.6) is 0 Å². The number of rotatable bonds is 8. The Bertz CT molecular complexity index is 1280. The minimum Gasteiger partial charge on any atom is -0.369 e. The molecule has 0 heterocycles. The largest absolute Gasteiger partial charge is 0.369 e. The Morgan fingerprint density at radius 3 is 1.76 bits per heavy atom. The van der Waals surface area contributed by atoms with Gasteiger partial charge in [-0.2, -0.15) is 0 Å². The van der Waals surface area contributed by atoms with Crippen molar-refractivity contribution in [2.75, 3.05) is 11.4 Å². The van der Waals surface area contributed by atoms with Gasteiger partial charge in [0.05, 0.1) is 12.8 Å². The SMILES string of the molecule is Cc1ccc(CCN(C(=O)Cc2ccccc2)c2ccc(C)c(C)c2)cc1.NC(=O)Cc1ccccc1. The molecule has 0 atom stereocenters. The van der Waals surface area contributed by atoms with Crippen LogP contribution in [0.15, 0.2) is 103 Å². The van der Waals surface area contributed by atoms with Crippen molar-refractivity contribution >= 4 is 17.5 Å². The van der Waals surface area contributed by atoms with Crippen LogP contribution >= 0.6 is 0 Å². The van der Waals surface area contributed by atoms with Crippen LogP contribution in [0.1, 0.15) is 33.4 Å². The molecule has 2 amide bonds. The van der Waals surface area contributed by atoms with E-state index < -0.39 is 0 Å². The first-order valence-corrected chi connectivity index (χ1v) is 12.6. The van der Waals surface area contributed by atoms with Crippen LogP contribution in [0.2, 0.25) is 0 Å². The lowest BCUT2D eigenvalue weighted by Gasteiger charge is -2.24. The van der Waals surface area contributed by atoms with Crippen molar-refractivity contribution in [3.05, 3.63) is 137 Å². The van der Waals surface area contributed by atoms with E-state index >= 15 is 0 Å². The number of carbonyl (C=O) groups excluding carboxylic acids is 2. The van der Waals surface area contributed by atoms with Crippen LogP contribution in [0.3, 0.4) is 0 Å². The van der Waals surface area contributed by atoms with Crippen molar-refractivity contribution in [3.63, 3.8) is 0 Å². The zero-order chi connectivity index (χ0) is 26.6. The summed E-state index contributed by atoms with van der Waals surface area (Å²) in [4.78, 5) is 25.4. The van der Waals surface area contributed by atoms with Crippen LogP contribution in [-0.4, -0.2) is 18.4 Å². The number of carbonyl (C=O) groups is 2. The second kappa shape index (κ2) is 13.8. The molecule has 0 saturated carbocycles. The molecular formula is C33H36N2O2. The number of hydrogen-bond donors (Lipinski definition) is 1. The van der Waals surface area contributed by atoms with Crippen molar-refractivity contribution in [3.8, 4) is 0 Å². The van der Waals surface area contributed by atoms with Crippen LogP contribution in [0.25, 0.3) is 0 Å². The molecule has 0 spiro atoms. The van der Waals surface area contributed by atoms with E-state index in [9.17, 15) is 9.59 Å². The van der Waals surface area contributed by atoms with Gasteiger partial charge in [-0.25, -0.2) is 0 Å². The van der Waals surface area contributed by atoms with Crippen molar-refractivity contribution < 1.29 is 9.59 Å². The highest BCUT2D eigenvalue weighted by Crippen LogP contribution is 2.21. The van der Waals surface area contributed by atoms with Gasteiger partial charge in [0.1, 0.15) is 0 Å². The Morgan fingerprint density at radius 2 is 1.22 bits per heavy atom. The maximum atomic E-state index is 13.1. The number of aryl methyl sites for hydroxylation is 3. The monoisotopic (exact) mass is 492 g/mol. The number of benzene rings is 4. The molecule has 0 aliphatic carbocycles. The summed E-state index contributed by atoms with van der Waals surface area (Å²) in [7, 11) is 0. The maximum absolute atomic E-state index is 13.1. The first kappa shape index (κ1) is 27.4. The molecule has 37 heavy (non-hydrogen) atoms. The molecule has 0 aliphatic heterocycles. The molecular weight excluding hydrogens is 456 g/mol. The lowest BCUT2D eigenvalue weighted by atomic mass is 10.1. The van der Waals surface area contributed by atoms with Crippen LogP contribution in [0, 0.1) is 20.8 Å². The fourth-order valence-electron chi connectivity index (χ4n) is 3.95. The fraction of sp³-hybridized carbons (Fsp3) is 0.212. The highest BCUT2D eigenvalue weighted by atomic mass is 16.2. The predicted molar refractivity (Wildman–Crippen MR) is 153 cm³/mol. The smallest absolute Gasteiger partial charge is 0.231 e. The standard InChI is InChI=1S/C25H27NO.C8H9NO/c1-19-9-12-22(13-10-19)15-16-26(24-14-11-20(2)21(3)17-24)25(27)18-23-7-5-4-6-8-23;9-8(10)6-7-4-2-1-3-5-7/h4-14,17H,15-16,18H2,1-3H3;1-5H,6H2,(H2,9,10). The minimum absolute atomic E-state index is 0.136. The summed E-state index contributed by atoms with van der Waals surface area (Å²) in [5.74, 6) is -0.150. The third kappa shape index (κ3) is 9.08. The number of nitrogens with two attached hydrogens (primary N) is 1. The van der Waals surface area contributed by atoms with Crippen LogP contribution in [0.4, 0.5) is 5.69 Å².